The van der Waals surface area contributed by atoms with Crippen molar-refractivity contribution in [2.24, 2.45) is 0 Å². The van der Waals surface area contributed by atoms with E-state index in [4.69, 9.17) is 20.8 Å². The minimum absolute atomic E-state index is 0.00876. The van der Waals surface area contributed by atoms with Gasteiger partial charge in [-0.15, -0.1) is 0 Å². The molecule has 0 N–H and O–H groups in total. The number of halogens is 1. The molecule has 144 valence electrons. The third kappa shape index (κ3) is 4.66. The van der Waals surface area contributed by atoms with Crippen LogP contribution in [0.3, 0.4) is 0 Å². The Hall–Kier alpha value is -3.39. The first-order valence-electron chi connectivity index (χ1n) is 8.37. The summed E-state index contributed by atoms with van der Waals surface area (Å²) >= 11 is 5.78. The number of carbonyl (C=O) groups excluding carboxylic acids is 1. The van der Waals surface area contributed by atoms with Crippen molar-refractivity contribution >= 4 is 29.1 Å². The van der Waals surface area contributed by atoms with Gasteiger partial charge in [0.15, 0.2) is 5.75 Å². The first kappa shape index (κ1) is 19.4. The van der Waals surface area contributed by atoms with Gasteiger partial charge < -0.3 is 9.15 Å². The van der Waals surface area contributed by atoms with E-state index in [9.17, 15) is 14.9 Å². The van der Waals surface area contributed by atoms with Gasteiger partial charge in [-0.2, -0.15) is 5.10 Å². The Morgan fingerprint density at radius 1 is 1.36 bits per heavy atom. The van der Waals surface area contributed by atoms with Crippen molar-refractivity contribution in [1.82, 2.24) is 9.78 Å². The number of aryl methyl sites for hydroxylation is 1. The Balaban J connectivity index is 1.63. The van der Waals surface area contributed by atoms with Crippen LogP contribution in [0, 0.1) is 10.1 Å². The normalized spacial score (nSPS) is 11.1. The number of nitro benzene ring substituents is 1. The van der Waals surface area contributed by atoms with Gasteiger partial charge in [0, 0.05) is 23.8 Å². The van der Waals surface area contributed by atoms with Gasteiger partial charge in [0.05, 0.1) is 4.92 Å². The second-order valence-electron chi connectivity index (χ2n) is 5.72. The van der Waals surface area contributed by atoms with Crippen LogP contribution in [0.15, 0.2) is 53.1 Å². The van der Waals surface area contributed by atoms with Crippen LogP contribution in [0.25, 0.3) is 6.08 Å². The minimum Gasteiger partial charge on any atom is -0.479 e. The molecule has 9 heteroatoms. The number of nitro groups is 1. The highest BCUT2D eigenvalue weighted by Gasteiger charge is 2.16. The summed E-state index contributed by atoms with van der Waals surface area (Å²) in [5.74, 6) is 0.752. The number of nitrogens with zero attached hydrogens (tertiary/aromatic N) is 3. The Morgan fingerprint density at radius 3 is 2.89 bits per heavy atom. The zero-order valence-corrected chi connectivity index (χ0v) is 15.6. The molecule has 8 nitrogen and oxygen atoms in total. The Kier molecular flexibility index (Phi) is 5.90. The summed E-state index contributed by atoms with van der Waals surface area (Å²) in [5, 5.41) is 15.5. The van der Waals surface area contributed by atoms with Crippen LogP contribution < -0.4 is 4.74 Å². The summed E-state index contributed by atoms with van der Waals surface area (Å²) in [6.07, 6.45) is 4.64. The van der Waals surface area contributed by atoms with Crippen LogP contribution >= 0.6 is 11.6 Å². The minimum atomic E-state index is -0.566. The first-order chi connectivity index (χ1) is 13.5. The van der Waals surface area contributed by atoms with Gasteiger partial charge in [-0.1, -0.05) is 11.6 Å². The predicted octanol–water partition coefficient (Wildman–Crippen LogP) is 4.53. The zero-order valence-electron chi connectivity index (χ0n) is 14.9. The number of aromatic nitrogens is 2. The van der Waals surface area contributed by atoms with Crippen molar-refractivity contribution in [3.63, 3.8) is 0 Å². The molecule has 3 aromatic rings. The number of ketones is 1. The van der Waals surface area contributed by atoms with E-state index in [2.05, 4.69) is 5.10 Å². The number of rotatable bonds is 8. The summed E-state index contributed by atoms with van der Waals surface area (Å²) in [6, 6.07) is 9.14. The van der Waals surface area contributed by atoms with Crippen LogP contribution in [0.2, 0.25) is 5.02 Å². The van der Waals surface area contributed by atoms with E-state index in [0.29, 0.717) is 23.8 Å². The highest BCUT2D eigenvalue weighted by molar-refractivity contribution is 6.30. The number of allylic oxidation sites excluding steroid dienone is 1. The maximum Gasteiger partial charge on any atom is 0.312 e. The third-order valence-electron chi connectivity index (χ3n) is 3.79. The van der Waals surface area contributed by atoms with Crippen LogP contribution in [-0.4, -0.2) is 20.5 Å². The number of hydrogen-bond acceptors (Lipinski definition) is 6. The molecule has 0 amide bonds. The second-order valence-corrected chi connectivity index (χ2v) is 6.15. The average molecular weight is 402 g/mol. The maximum absolute atomic E-state index is 12.1. The van der Waals surface area contributed by atoms with E-state index in [1.165, 1.54) is 30.4 Å². The number of hydrogen-bond donors (Lipinski definition) is 0. The molecule has 0 fully saturated rings. The highest BCUT2D eigenvalue weighted by Crippen LogP contribution is 2.30. The monoisotopic (exact) mass is 401 g/mol. The van der Waals surface area contributed by atoms with Crippen LogP contribution in [0.1, 0.15) is 28.9 Å². The van der Waals surface area contributed by atoms with Crippen molar-refractivity contribution in [2.75, 3.05) is 0 Å². The fourth-order valence-electron chi connectivity index (χ4n) is 2.38. The quantitative estimate of drug-likeness (QED) is 0.238. The van der Waals surface area contributed by atoms with E-state index in [-0.39, 0.29) is 28.8 Å². The SMILES string of the molecule is CCn1ccc(C(=O)/C=C/c2ccc(COc3ccc(Cl)cc3[N+](=O)[O-])o2)n1. The lowest BCUT2D eigenvalue weighted by atomic mass is 10.2. The smallest absolute Gasteiger partial charge is 0.312 e. The molecule has 0 spiro atoms. The second kappa shape index (κ2) is 8.53. The van der Waals surface area contributed by atoms with Crippen molar-refractivity contribution in [3.05, 3.63) is 81.0 Å². The first-order valence-corrected chi connectivity index (χ1v) is 8.75. The van der Waals surface area contributed by atoms with Crippen LogP contribution in [-0.2, 0) is 13.2 Å². The van der Waals surface area contributed by atoms with E-state index in [1.807, 2.05) is 6.92 Å². The fourth-order valence-corrected chi connectivity index (χ4v) is 2.54. The highest BCUT2D eigenvalue weighted by atomic mass is 35.5. The largest absolute Gasteiger partial charge is 0.479 e. The molecule has 0 radical (unpaired) electrons. The standard InChI is InChI=1S/C19H16ClN3O5/c1-2-22-10-9-16(21-22)18(24)7-6-14-4-5-15(28-14)12-27-19-8-3-13(20)11-17(19)23(25)26/h3-11H,2,12H2,1H3/b7-6+. The molecule has 0 unspecified atom stereocenters. The van der Waals surface area contributed by atoms with Crippen LogP contribution in [0.4, 0.5) is 5.69 Å². The molecule has 2 heterocycles. The van der Waals surface area contributed by atoms with Crippen molar-refractivity contribution in [1.29, 1.82) is 0 Å². The van der Waals surface area contributed by atoms with E-state index < -0.39 is 4.92 Å². The summed E-state index contributed by atoms with van der Waals surface area (Å²) in [5.41, 5.74) is 0.125. The Labute approximate surface area is 165 Å². The molecule has 3 rings (SSSR count). The van der Waals surface area contributed by atoms with E-state index in [1.54, 1.807) is 29.1 Å². The van der Waals surface area contributed by atoms with Gasteiger partial charge in [-0.25, -0.2) is 0 Å². The zero-order chi connectivity index (χ0) is 20.1. The van der Waals surface area contributed by atoms with Gasteiger partial charge in [-0.05, 0) is 49.4 Å². The van der Waals surface area contributed by atoms with Crippen molar-refractivity contribution in [3.8, 4) is 5.75 Å². The molecular weight excluding hydrogens is 386 g/mol. The maximum atomic E-state index is 12.1. The van der Waals surface area contributed by atoms with E-state index in [0.717, 1.165) is 0 Å². The average Bonchev–Trinajstić information content (AvgIpc) is 3.34. The molecule has 0 saturated carbocycles. The number of ether oxygens (including phenoxy) is 1. The van der Waals surface area contributed by atoms with Crippen molar-refractivity contribution < 1.29 is 18.9 Å². The van der Waals surface area contributed by atoms with Gasteiger partial charge in [0.25, 0.3) is 0 Å². The number of benzene rings is 1. The Bertz CT molecular complexity index is 1040. The van der Waals surface area contributed by atoms with Gasteiger partial charge in [0.1, 0.15) is 23.8 Å². The molecule has 1 aromatic carbocycles. The topological polar surface area (TPSA) is 100 Å². The number of furan rings is 1. The molecule has 2 aromatic heterocycles. The summed E-state index contributed by atoms with van der Waals surface area (Å²) in [7, 11) is 0. The summed E-state index contributed by atoms with van der Waals surface area (Å²) in [4.78, 5) is 22.6. The molecule has 28 heavy (non-hydrogen) atoms. The fraction of sp³-hybridized carbons (Fsp3) is 0.158. The summed E-state index contributed by atoms with van der Waals surface area (Å²) in [6.45, 7) is 2.61. The van der Waals surface area contributed by atoms with Gasteiger partial charge in [0.2, 0.25) is 5.78 Å². The third-order valence-corrected chi connectivity index (χ3v) is 4.02. The van der Waals surface area contributed by atoms with Crippen LogP contribution in [0.5, 0.6) is 5.75 Å². The molecule has 0 bridgehead atoms. The molecule has 0 saturated heterocycles. The molecule has 0 aliphatic rings. The predicted molar refractivity (Wildman–Crippen MR) is 102 cm³/mol. The van der Waals surface area contributed by atoms with Crippen molar-refractivity contribution in [2.45, 2.75) is 20.1 Å². The lowest BCUT2D eigenvalue weighted by molar-refractivity contribution is -0.385. The lowest BCUT2D eigenvalue weighted by Gasteiger charge is -2.05. The Morgan fingerprint density at radius 2 is 2.18 bits per heavy atom. The lowest BCUT2D eigenvalue weighted by Crippen LogP contribution is -1.99. The molecule has 0 aliphatic heterocycles. The van der Waals surface area contributed by atoms with Gasteiger partial charge >= 0.3 is 5.69 Å². The molecule has 0 atom stereocenters. The molecule has 0 aliphatic carbocycles. The number of carbonyl (C=O) groups is 1. The molecular formula is C19H16ClN3O5. The van der Waals surface area contributed by atoms with E-state index >= 15 is 0 Å². The summed E-state index contributed by atoms with van der Waals surface area (Å²) < 4.78 is 12.7. The van der Waals surface area contributed by atoms with Gasteiger partial charge in [-0.3, -0.25) is 19.6 Å².